The van der Waals surface area contributed by atoms with E-state index in [9.17, 15) is 9.00 Å². The zero-order valence-electron chi connectivity index (χ0n) is 12.9. The van der Waals surface area contributed by atoms with E-state index in [4.69, 9.17) is 9.93 Å². The van der Waals surface area contributed by atoms with Crippen molar-refractivity contribution in [1.29, 1.82) is 0 Å². The topological polar surface area (TPSA) is 80.5 Å². The maximum atomic E-state index is 11.9. The summed E-state index contributed by atoms with van der Waals surface area (Å²) in [4.78, 5) is 23.1. The fraction of sp³-hybridized carbons (Fsp3) is 0.467. The molecule has 1 atom stereocenters. The molecule has 0 saturated carbocycles. The van der Waals surface area contributed by atoms with E-state index in [1.165, 1.54) is 6.92 Å². The molecule has 2 N–H and O–H groups in total. The van der Waals surface area contributed by atoms with Crippen LogP contribution in [0, 0.1) is 0 Å². The molecule has 1 aromatic carbocycles. The molecular formula is C15H24N2O3S. The number of aldehydes is 1. The van der Waals surface area contributed by atoms with Crippen LogP contribution in [0.3, 0.4) is 0 Å². The Kier molecular flexibility index (Phi) is 10.4. The molecule has 1 saturated heterocycles. The maximum absolute atomic E-state index is 11.9. The number of hydrogen-bond acceptors (Lipinski definition) is 3. The van der Waals surface area contributed by atoms with Crippen molar-refractivity contribution in [2.45, 2.75) is 38.5 Å². The van der Waals surface area contributed by atoms with Gasteiger partial charge in [0.15, 0.2) is 0 Å². The highest BCUT2D eigenvalue weighted by atomic mass is 32.2. The van der Waals surface area contributed by atoms with E-state index in [1.807, 2.05) is 18.7 Å². The fourth-order valence-electron chi connectivity index (χ4n) is 1.83. The van der Waals surface area contributed by atoms with Crippen LogP contribution in [0.25, 0.3) is 0 Å². The molecule has 0 aliphatic carbocycles. The lowest BCUT2D eigenvalue weighted by Crippen LogP contribution is -2.27. The lowest BCUT2D eigenvalue weighted by Gasteiger charge is -2.15. The smallest absolute Gasteiger partial charge is 0.253 e. The summed E-state index contributed by atoms with van der Waals surface area (Å²) in [6, 6.07) is 6.64. The van der Waals surface area contributed by atoms with Gasteiger partial charge in [-0.05, 0) is 44.0 Å². The van der Waals surface area contributed by atoms with Gasteiger partial charge in [-0.25, -0.2) is 9.35 Å². The lowest BCUT2D eigenvalue weighted by atomic mass is 10.2. The number of amides is 1. The van der Waals surface area contributed by atoms with E-state index in [2.05, 4.69) is 0 Å². The molecule has 0 aromatic heterocycles. The highest BCUT2D eigenvalue weighted by molar-refractivity contribution is 7.82. The first-order valence-corrected chi connectivity index (χ1v) is 8.26. The SMILES string of the molecule is CC.CC=O.NS(=O)c1ccc(C(=O)N2CCCC2)cc1. The van der Waals surface area contributed by atoms with Gasteiger partial charge in [-0.2, -0.15) is 0 Å². The van der Waals surface area contributed by atoms with E-state index in [1.54, 1.807) is 24.3 Å². The second kappa shape index (κ2) is 11.2. The number of carbonyl (C=O) groups excluding carboxylic acids is 2. The Hall–Kier alpha value is -1.53. The zero-order chi connectivity index (χ0) is 16.3. The van der Waals surface area contributed by atoms with Crippen LogP contribution in [-0.4, -0.2) is 34.4 Å². The summed E-state index contributed by atoms with van der Waals surface area (Å²) in [6.45, 7) is 7.12. The minimum atomic E-state index is -1.48. The molecule has 0 bridgehead atoms. The minimum absolute atomic E-state index is 0.0480. The highest BCUT2D eigenvalue weighted by Crippen LogP contribution is 2.14. The second-order valence-corrected chi connectivity index (χ2v) is 5.12. The van der Waals surface area contributed by atoms with Crippen molar-refractivity contribution in [3.05, 3.63) is 29.8 Å². The van der Waals surface area contributed by atoms with Gasteiger partial charge in [0, 0.05) is 18.7 Å². The number of carbonyl (C=O) groups is 2. The van der Waals surface area contributed by atoms with Gasteiger partial charge in [0.05, 0.1) is 4.90 Å². The molecule has 1 amide bonds. The molecule has 21 heavy (non-hydrogen) atoms. The maximum Gasteiger partial charge on any atom is 0.253 e. The first kappa shape index (κ1) is 19.5. The van der Waals surface area contributed by atoms with Crippen molar-refractivity contribution in [2.24, 2.45) is 5.14 Å². The van der Waals surface area contributed by atoms with Crippen LogP contribution in [0.4, 0.5) is 0 Å². The molecular weight excluding hydrogens is 288 g/mol. The first-order chi connectivity index (χ1) is 10.1. The number of rotatable bonds is 2. The van der Waals surface area contributed by atoms with Gasteiger partial charge in [-0.1, -0.05) is 13.8 Å². The third kappa shape index (κ3) is 6.64. The predicted molar refractivity (Wildman–Crippen MR) is 85.3 cm³/mol. The summed E-state index contributed by atoms with van der Waals surface area (Å²) in [5.41, 5.74) is 0.635. The summed E-state index contributed by atoms with van der Waals surface area (Å²) >= 11 is 0. The Labute approximate surface area is 129 Å². The monoisotopic (exact) mass is 312 g/mol. The number of benzene rings is 1. The zero-order valence-corrected chi connectivity index (χ0v) is 13.7. The molecule has 5 nitrogen and oxygen atoms in total. The van der Waals surface area contributed by atoms with Crippen molar-refractivity contribution < 1.29 is 13.8 Å². The Balaban J connectivity index is 0.000000713. The van der Waals surface area contributed by atoms with Crippen molar-refractivity contribution in [3.8, 4) is 0 Å². The largest absolute Gasteiger partial charge is 0.339 e. The number of nitrogens with two attached hydrogens (primary N) is 1. The van der Waals surface area contributed by atoms with Crippen molar-refractivity contribution in [1.82, 2.24) is 4.90 Å². The van der Waals surface area contributed by atoms with E-state index >= 15 is 0 Å². The average molecular weight is 312 g/mol. The summed E-state index contributed by atoms with van der Waals surface area (Å²) in [7, 11) is -1.48. The van der Waals surface area contributed by atoms with Crippen LogP contribution >= 0.6 is 0 Å². The van der Waals surface area contributed by atoms with Gasteiger partial charge >= 0.3 is 0 Å². The lowest BCUT2D eigenvalue weighted by molar-refractivity contribution is -0.106. The van der Waals surface area contributed by atoms with E-state index in [0.717, 1.165) is 32.2 Å². The van der Waals surface area contributed by atoms with Crippen LogP contribution in [0.1, 0.15) is 44.0 Å². The Morgan fingerprint density at radius 2 is 1.62 bits per heavy atom. The minimum Gasteiger partial charge on any atom is -0.339 e. The molecule has 2 rings (SSSR count). The van der Waals surface area contributed by atoms with Gasteiger partial charge in [-0.3, -0.25) is 4.79 Å². The van der Waals surface area contributed by atoms with E-state index in [-0.39, 0.29) is 5.91 Å². The Morgan fingerprint density at radius 1 is 1.19 bits per heavy atom. The molecule has 1 fully saturated rings. The van der Waals surface area contributed by atoms with E-state index < -0.39 is 11.0 Å². The third-order valence-electron chi connectivity index (χ3n) is 2.73. The summed E-state index contributed by atoms with van der Waals surface area (Å²) in [6.07, 6.45) is 2.91. The summed E-state index contributed by atoms with van der Waals surface area (Å²) in [5.74, 6) is 0.0480. The van der Waals surface area contributed by atoms with Crippen LogP contribution in [-0.2, 0) is 15.8 Å². The molecule has 1 aliphatic heterocycles. The average Bonchev–Trinajstić information content (AvgIpc) is 3.04. The van der Waals surface area contributed by atoms with Crippen LogP contribution in [0.15, 0.2) is 29.2 Å². The summed E-state index contributed by atoms with van der Waals surface area (Å²) < 4.78 is 11.0. The van der Waals surface area contributed by atoms with E-state index in [0.29, 0.717) is 10.5 Å². The molecule has 0 spiro atoms. The molecule has 118 valence electrons. The van der Waals surface area contributed by atoms with Crippen molar-refractivity contribution >= 4 is 23.2 Å². The van der Waals surface area contributed by atoms with Crippen LogP contribution in [0.5, 0.6) is 0 Å². The van der Waals surface area contributed by atoms with Crippen LogP contribution in [0.2, 0.25) is 0 Å². The second-order valence-electron chi connectivity index (χ2n) is 4.06. The van der Waals surface area contributed by atoms with Gasteiger partial charge in [0.1, 0.15) is 17.3 Å². The number of hydrogen-bond donors (Lipinski definition) is 1. The Morgan fingerprint density at radius 3 is 2.00 bits per heavy atom. The third-order valence-corrected chi connectivity index (χ3v) is 3.46. The van der Waals surface area contributed by atoms with Gasteiger partial charge in [0.25, 0.3) is 5.91 Å². The molecule has 6 heteroatoms. The Bertz CT molecular complexity index is 454. The summed E-state index contributed by atoms with van der Waals surface area (Å²) in [5, 5.41) is 5.24. The molecule has 0 radical (unpaired) electrons. The first-order valence-electron chi connectivity index (χ1n) is 7.05. The standard InChI is InChI=1S/C11H14N2O2S.C2H4O.C2H6/c12-16(15)10-5-3-9(4-6-10)11(14)13-7-1-2-8-13;1-2-3;1-2/h3-6H,1-2,7-8,12H2;2H,1H3;1-2H3. The number of likely N-dealkylation sites (tertiary alicyclic amines) is 1. The van der Waals surface area contributed by atoms with Crippen molar-refractivity contribution in [2.75, 3.05) is 13.1 Å². The normalized spacial score (nSPS) is 14.2. The van der Waals surface area contributed by atoms with Crippen LogP contribution < -0.4 is 5.14 Å². The van der Waals surface area contributed by atoms with Gasteiger partial charge < -0.3 is 9.69 Å². The van der Waals surface area contributed by atoms with Gasteiger partial charge in [0.2, 0.25) is 0 Å². The molecule has 1 aliphatic rings. The van der Waals surface area contributed by atoms with Crippen molar-refractivity contribution in [3.63, 3.8) is 0 Å². The molecule has 1 heterocycles. The quantitative estimate of drug-likeness (QED) is 0.850. The fourth-order valence-corrected chi connectivity index (χ4v) is 2.24. The highest BCUT2D eigenvalue weighted by Gasteiger charge is 2.19. The molecule has 1 aromatic rings. The van der Waals surface area contributed by atoms with Gasteiger partial charge in [-0.15, -0.1) is 0 Å². The predicted octanol–water partition coefficient (Wildman–Crippen LogP) is 2.14. The number of nitrogens with zero attached hydrogens (tertiary/aromatic N) is 1. The molecule has 1 unspecified atom stereocenters.